The van der Waals surface area contributed by atoms with Gasteiger partial charge in [0.1, 0.15) is 5.75 Å². The summed E-state index contributed by atoms with van der Waals surface area (Å²) in [4.78, 5) is 6.49. The Kier molecular flexibility index (Phi) is 6.88. The quantitative estimate of drug-likeness (QED) is 0.512. The summed E-state index contributed by atoms with van der Waals surface area (Å²) in [5, 5.41) is 4.33. The van der Waals surface area contributed by atoms with Crippen molar-refractivity contribution >= 4 is 29.2 Å². The molecule has 2 rings (SSSR count). The van der Waals surface area contributed by atoms with Crippen LogP contribution in [0.5, 0.6) is 5.75 Å². The average molecular weight is 354 g/mol. The molecule has 1 heterocycles. The number of halogens is 2. The van der Waals surface area contributed by atoms with Crippen molar-refractivity contribution in [2.24, 2.45) is 10.9 Å². The van der Waals surface area contributed by atoms with Crippen molar-refractivity contribution in [3.05, 3.63) is 28.2 Å². The second-order valence-electron chi connectivity index (χ2n) is 5.45. The molecule has 0 atom stereocenters. The highest BCUT2D eigenvalue weighted by molar-refractivity contribution is 6.34. The zero-order valence-corrected chi connectivity index (χ0v) is 14.7. The maximum Gasteiger partial charge on any atom is 0.194 e. The Morgan fingerprint density at radius 3 is 2.57 bits per heavy atom. The molecule has 0 unspecified atom stereocenters. The molecule has 124 valence electrons. The second-order valence-corrected chi connectivity index (χ2v) is 6.32. The van der Waals surface area contributed by atoms with Gasteiger partial charge in [0.2, 0.25) is 0 Å². The van der Waals surface area contributed by atoms with Crippen molar-refractivity contribution in [3.63, 3.8) is 0 Å². The van der Waals surface area contributed by atoms with E-state index < -0.39 is 0 Å². The highest BCUT2D eigenvalue weighted by atomic mass is 35.5. The summed E-state index contributed by atoms with van der Waals surface area (Å²) in [6.45, 7) is 3.04. The monoisotopic (exact) mass is 353 g/mol. The lowest BCUT2D eigenvalue weighted by Gasteiger charge is -2.33. The number of hydrogen-bond donors (Lipinski definition) is 1. The van der Waals surface area contributed by atoms with E-state index in [1.54, 1.807) is 25.2 Å². The summed E-state index contributed by atoms with van der Waals surface area (Å²) in [5.41, 5.74) is 0. The Labute approximate surface area is 147 Å². The molecule has 0 aliphatic carbocycles. The van der Waals surface area contributed by atoms with Crippen LogP contribution in [-0.2, 0) is 0 Å². The van der Waals surface area contributed by atoms with E-state index in [4.69, 9.17) is 34.4 Å². The van der Waals surface area contributed by atoms with Gasteiger partial charge in [0.25, 0.3) is 0 Å². The molecule has 1 aromatic rings. The molecule has 0 bridgehead atoms. The fourth-order valence-electron chi connectivity index (χ4n) is 2.60. The van der Waals surface area contributed by atoms with Crippen LogP contribution in [-0.4, -0.2) is 44.1 Å². The molecular weight excluding hydrogens is 333 g/mol. The van der Waals surface area contributed by atoms with Gasteiger partial charge >= 0.3 is 0 Å². The first-order chi connectivity index (χ1) is 11.1. The van der Waals surface area contributed by atoms with Crippen LogP contribution in [0.3, 0.4) is 0 Å². The average Bonchev–Trinajstić information content (AvgIpc) is 2.54. The van der Waals surface area contributed by atoms with E-state index in [9.17, 15) is 0 Å². The first-order valence-corrected chi connectivity index (χ1v) is 8.36. The lowest BCUT2D eigenvalue weighted by atomic mass is 9.98. The predicted octanol–water partition coefficient (Wildman–Crippen LogP) is 3.29. The maximum atomic E-state index is 5.98. The van der Waals surface area contributed by atoms with Gasteiger partial charge < -0.3 is 15.0 Å². The third kappa shape index (κ3) is 5.53. The fraction of sp³-hybridized carbons (Fsp3) is 0.471. The molecular formula is C17H21Cl2N3O. The Morgan fingerprint density at radius 1 is 1.35 bits per heavy atom. The highest BCUT2D eigenvalue weighted by Gasteiger charge is 2.21. The number of rotatable bonds is 4. The van der Waals surface area contributed by atoms with Gasteiger partial charge in [-0.15, -0.1) is 6.42 Å². The van der Waals surface area contributed by atoms with Crippen LogP contribution in [0.4, 0.5) is 0 Å². The normalized spacial score (nSPS) is 16.1. The Bertz CT molecular complexity index is 570. The minimum Gasteiger partial charge on any atom is -0.493 e. The lowest BCUT2D eigenvalue weighted by molar-refractivity contribution is 0.179. The number of terminal acetylenes is 1. The van der Waals surface area contributed by atoms with E-state index in [1.807, 2.05) is 0 Å². The van der Waals surface area contributed by atoms with Crippen molar-refractivity contribution in [3.8, 4) is 18.1 Å². The molecule has 0 spiro atoms. The maximum absolute atomic E-state index is 5.98. The highest BCUT2D eigenvalue weighted by Crippen LogP contribution is 2.25. The van der Waals surface area contributed by atoms with Gasteiger partial charge in [-0.25, -0.2) is 0 Å². The summed E-state index contributed by atoms with van der Waals surface area (Å²) < 4.78 is 5.83. The number of nitrogens with zero attached hydrogens (tertiary/aromatic N) is 2. The predicted molar refractivity (Wildman–Crippen MR) is 96.4 cm³/mol. The molecule has 0 radical (unpaired) electrons. The summed E-state index contributed by atoms with van der Waals surface area (Å²) >= 11 is 12.0. The van der Waals surface area contributed by atoms with E-state index in [2.05, 4.69) is 21.1 Å². The van der Waals surface area contributed by atoms with Crippen molar-refractivity contribution < 1.29 is 4.74 Å². The van der Waals surface area contributed by atoms with Gasteiger partial charge in [-0.2, -0.15) is 0 Å². The molecule has 1 aliphatic heterocycles. The Morgan fingerprint density at radius 2 is 2.00 bits per heavy atom. The number of benzene rings is 1. The van der Waals surface area contributed by atoms with Crippen molar-refractivity contribution in [1.82, 2.24) is 10.2 Å². The van der Waals surface area contributed by atoms with Crippen LogP contribution in [0.15, 0.2) is 23.2 Å². The zero-order chi connectivity index (χ0) is 16.7. The molecule has 1 aromatic carbocycles. The summed E-state index contributed by atoms with van der Waals surface area (Å²) in [5.74, 6) is 4.66. The van der Waals surface area contributed by atoms with Crippen molar-refractivity contribution in [1.29, 1.82) is 0 Å². The van der Waals surface area contributed by atoms with Crippen LogP contribution >= 0.6 is 23.2 Å². The van der Waals surface area contributed by atoms with Gasteiger partial charge in [-0.3, -0.25) is 4.99 Å². The van der Waals surface area contributed by atoms with Gasteiger partial charge in [0.05, 0.1) is 13.2 Å². The SMILES string of the molecule is C#CCNC(=NC)N1CCC(COc2cc(Cl)cc(Cl)c2)CC1. The minimum absolute atomic E-state index is 0.491. The third-order valence-electron chi connectivity index (χ3n) is 3.80. The number of aliphatic imine (C=N–C) groups is 1. The van der Waals surface area contributed by atoms with Crippen LogP contribution in [0.2, 0.25) is 10.0 Å². The summed E-state index contributed by atoms with van der Waals surface area (Å²) in [7, 11) is 1.77. The van der Waals surface area contributed by atoms with E-state index in [-0.39, 0.29) is 0 Å². The standard InChI is InChI=1S/C17H21Cl2N3O/c1-3-6-21-17(20-2)22-7-4-13(5-8-22)12-23-16-10-14(18)9-15(19)11-16/h1,9-11,13H,4-8,12H2,2H3,(H,20,21). The van der Waals surface area contributed by atoms with E-state index >= 15 is 0 Å². The Balaban J connectivity index is 1.79. The van der Waals surface area contributed by atoms with Gasteiger partial charge in [0, 0.05) is 30.2 Å². The lowest BCUT2D eigenvalue weighted by Crippen LogP contribution is -2.46. The number of ether oxygens (including phenoxy) is 1. The zero-order valence-electron chi connectivity index (χ0n) is 13.2. The molecule has 4 nitrogen and oxygen atoms in total. The van der Waals surface area contributed by atoms with Crippen molar-refractivity contribution in [2.75, 3.05) is 33.3 Å². The first kappa shape index (κ1) is 17.8. The minimum atomic E-state index is 0.491. The number of likely N-dealkylation sites (tertiary alicyclic amines) is 1. The molecule has 1 saturated heterocycles. The number of piperidine rings is 1. The molecule has 1 N–H and O–H groups in total. The van der Waals surface area contributed by atoms with Crippen LogP contribution < -0.4 is 10.1 Å². The molecule has 0 saturated carbocycles. The third-order valence-corrected chi connectivity index (χ3v) is 4.23. The van der Waals surface area contributed by atoms with Crippen LogP contribution in [0.25, 0.3) is 0 Å². The van der Waals surface area contributed by atoms with E-state index in [0.29, 0.717) is 29.1 Å². The van der Waals surface area contributed by atoms with Crippen LogP contribution in [0, 0.1) is 18.3 Å². The number of hydrogen-bond acceptors (Lipinski definition) is 2. The van der Waals surface area contributed by atoms with Crippen LogP contribution in [0.1, 0.15) is 12.8 Å². The molecule has 23 heavy (non-hydrogen) atoms. The molecule has 0 aromatic heterocycles. The van der Waals surface area contributed by atoms with Crippen molar-refractivity contribution in [2.45, 2.75) is 12.8 Å². The van der Waals surface area contributed by atoms with Gasteiger partial charge in [-0.05, 0) is 37.0 Å². The van der Waals surface area contributed by atoms with Gasteiger partial charge in [0.15, 0.2) is 5.96 Å². The summed E-state index contributed by atoms with van der Waals surface area (Å²) in [6.07, 6.45) is 7.37. The number of guanidine groups is 1. The topological polar surface area (TPSA) is 36.9 Å². The first-order valence-electron chi connectivity index (χ1n) is 7.60. The molecule has 1 fully saturated rings. The van der Waals surface area contributed by atoms with E-state index in [0.717, 1.165) is 37.6 Å². The number of nitrogens with one attached hydrogen (secondary N) is 1. The smallest absolute Gasteiger partial charge is 0.194 e. The largest absolute Gasteiger partial charge is 0.493 e. The second kappa shape index (κ2) is 8.90. The molecule has 6 heteroatoms. The molecule has 0 amide bonds. The fourth-order valence-corrected chi connectivity index (χ4v) is 3.11. The summed E-state index contributed by atoms with van der Waals surface area (Å²) in [6, 6.07) is 5.27. The van der Waals surface area contributed by atoms with Gasteiger partial charge in [-0.1, -0.05) is 29.1 Å². The Hall–Kier alpha value is -1.57. The molecule has 1 aliphatic rings. The van der Waals surface area contributed by atoms with E-state index in [1.165, 1.54) is 0 Å².